The van der Waals surface area contributed by atoms with E-state index >= 15 is 0 Å². The van der Waals surface area contributed by atoms with Crippen LogP contribution in [0.15, 0.2) is 22.7 Å². The molecular weight excluding hydrogens is 332 g/mol. The van der Waals surface area contributed by atoms with Crippen molar-refractivity contribution in [1.29, 1.82) is 0 Å². The van der Waals surface area contributed by atoms with E-state index in [9.17, 15) is 0 Å². The molecule has 0 spiro atoms. The maximum atomic E-state index is 5.78. The Balaban J connectivity index is 2.41. The number of hydrogen-bond acceptors (Lipinski definition) is 1. The van der Waals surface area contributed by atoms with Gasteiger partial charge >= 0.3 is 0 Å². The first kappa shape index (κ1) is 14.0. The first-order valence-corrected chi connectivity index (χ1v) is 7.66. The van der Waals surface area contributed by atoms with Gasteiger partial charge in [-0.3, -0.25) is 0 Å². The van der Waals surface area contributed by atoms with Gasteiger partial charge in [0.2, 0.25) is 0 Å². The van der Waals surface area contributed by atoms with Gasteiger partial charge in [0.15, 0.2) is 0 Å². The summed E-state index contributed by atoms with van der Waals surface area (Å²) >= 11 is 6.94. The third kappa shape index (κ3) is 4.88. The Kier molecular flexibility index (Phi) is 7.13. The van der Waals surface area contributed by atoms with Gasteiger partial charge in [0.05, 0.1) is 6.61 Å². The predicted molar refractivity (Wildman–Crippen MR) is 76.4 cm³/mol. The zero-order chi connectivity index (χ0) is 11.8. The summed E-state index contributed by atoms with van der Waals surface area (Å²) in [5.74, 6) is 0.997. The van der Waals surface area contributed by atoms with Gasteiger partial charge in [0, 0.05) is 15.4 Å². The maximum absolute atomic E-state index is 5.78. The average molecular weight is 350 g/mol. The van der Waals surface area contributed by atoms with Crippen molar-refractivity contribution in [3.63, 3.8) is 0 Å². The molecular formula is C13H18Br2O. The fourth-order valence-electron chi connectivity index (χ4n) is 1.50. The molecule has 1 aromatic carbocycles. The van der Waals surface area contributed by atoms with Crippen LogP contribution in [0.25, 0.3) is 0 Å². The first-order valence-electron chi connectivity index (χ1n) is 5.75. The summed E-state index contributed by atoms with van der Waals surface area (Å²) < 4.78 is 6.88. The number of halogens is 2. The van der Waals surface area contributed by atoms with Crippen LogP contribution in [-0.4, -0.2) is 6.61 Å². The fraction of sp³-hybridized carbons (Fsp3) is 0.538. The highest BCUT2D eigenvalue weighted by molar-refractivity contribution is 9.10. The minimum atomic E-state index is 0.821. The summed E-state index contributed by atoms with van der Waals surface area (Å²) in [5, 5.41) is 0.830. The predicted octanol–water partition coefficient (Wildman–Crippen LogP) is 5.30. The van der Waals surface area contributed by atoms with Gasteiger partial charge in [-0.1, -0.05) is 58.0 Å². The van der Waals surface area contributed by atoms with Crippen LogP contribution in [0.3, 0.4) is 0 Å². The van der Waals surface area contributed by atoms with Crippen LogP contribution in [0, 0.1) is 0 Å². The molecule has 0 unspecified atom stereocenters. The molecule has 0 saturated carbocycles. The van der Waals surface area contributed by atoms with E-state index in [2.05, 4.69) is 44.8 Å². The lowest BCUT2D eigenvalue weighted by Gasteiger charge is -2.10. The smallest absolute Gasteiger partial charge is 0.123 e. The molecule has 1 aromatic rings. The summed E-state index contributed by atoms with van der Waals surface area (Å²) in [6.07, 6.45) is 4.97. The highest BCUT2D eigenvalue weighted by atomic mass is 79.9. The molecule has 1 rings (SSSR count). The normalized spacial score (nSPS) is 10.4. The van der Waals surface area contributed by atoms with Crippen LogP contribution in [-0.2, 0) is 5.33 Å². The highest BCUT2D eigenvalue weighted by Gasteiger charge is 2.02. The fourth-order valence-corrected chi connectivity index (χ4v) is 2.35. The summed E-state index contributed by atoms with van der Waals surface area (Å²) in [6, 6.07) is 6.14. The maximum Gasteiger partial charge on any atom is 0.123 e. The van der Waals surface area contributed by atoms with Gasteiger partial charge < -0.3 is 4.74 Å². The molecule has 0 amide bonds. The molecule has 0 fully saturated rings. The van der Waals surface area contributed by atoms with Gasteiger partial charge in [0.25, 0.3) is 0 Å². The van der Waals surface area contributed by atoms with Gasteiger partial charge in [-0.05, 0) is 24.6 Å². The van der Waals surface area contributed by atoms with E-state index in [1.54, 1.807) is 0 Å². The van der Waals surface area contributed by atoms with Crippen LogP contribution >= 0.6 is 31.9 Å². The molecule has 0 radical (unpaired) electrons. The number of rotatable bonds is 7. The highest BCUT2D eigenvalue weighted by Crippen LogP contribution is 2.25. The summed E-state index contributed by atoms with van der Waals surface area (Å²) in [5.41, 5.74) is 1.20. The van der Waals surface area contributed by atoms with Gasteiger partial charge in [-0.15, -0.1) is 0 Å². The van der Waals surface area contributed by atoms with E-state index < -0.39 is 0 Å². The third-order valence-corrected chi connectivity index (χ3v) is 3.52. The monoisotopic (exact) mass is 348 g/mol. The van der Waals surface area contributed by atoms with Gasteiger partial charge in [-0.25, -0.2) is 0 Å². The molecule has 0 aliphatic carbocycles. The minimum absolute atomic E-state index is 0.821. The number of ether oxygens (including phenoxy) is 1. The Labute approximate surface area is 115 Å². The summed E-state index contributed by atoms with van der Waals surface area (Å²) in [4.78, 5) is 0. The Morgan fingerprint density at radius 3 is 2.69 bits per heavy atom. The second kappa shape index (κ2) is 8.13. The molecule has 0 saturated heterocycles. The SMILES string of the molecule is CCCCCCOc1ccc(Br)cc1CBr. The zero-order valence-corrected chi connectivity index (χ0v) is 12.8. The third-order valence-electron chi connectivity index (χ3n) is 2.42. The Morgan fingerprint density at radius 2 is 2.00 bits per heavy atom. The van der Waals surface area contributed by atoms with Crippen molar-refractivity contribution in [1.82, 2.24) is 0 Å². The first-order chi connectivity index (χ1) is 7.77. The molecule has 0 aliphatic heterocycles. The molecule has 0 heterocycles. The Bertz CT molecular complexity index is 313. The Hall–Kier alpha value is -0.0200. The molecule has 0 aromatic heterocycles. The van der Waals surface area contributed by atoms with Crippen LogP contribution < -0.4 is 4.74 Å². The van der Waals surface area contributed by atoms with Gasteiger partial charge in [0.1, 0.15) is 5.75 Å². The molecule has 3 heteroatoms. The minimum Gasteiger partial charge on any atom is -0.493 e. The van der Waals surface area contributed by atoms with E-state index in [1.165, 1.54) is 24.8 Å². The van der Waals surface area contributed by atoms with E-state index in [4.69, 9.17) is 4.74 Å². The van der Waals surface area contributed by atoms with E-state index in [0.717, 1.165) is 28.6 Å². The quantitative estimate of drug-likeness (QED) is 0.479. The van der Waals surface area contributed by atoms with Crippen molar-refractivity contribution in [2.75, 3.05) is 6.61 Å². The van der Waals surface area contributed by atoms with E-state index in [-0.39, 0.29) is 0 Å². The van der Waals surface area contributed by atoms with Crippen LogP contribution in [0.1, 0.15) is 38.2 Å². The van der Waals surface area contributed by atoms with Crippen LogP contribution in [0.2, 0.25) is 0 Å². The molecule has 1 nitrogen and oxygen atoms in total. The average Bonchev–Trinajstić information content (AvgIpc) is 2.30. The lowest BCUT2D eigenvalue weighted by atomic mass is 10.2. The second-order valence-corrected chi connectivity index (χ2v) is 5.27. The zero-order valence-electron chi connectivity index (χ0n) is 9.64. The molecule has 0 bridgehead atoms. The summed E-state index contributed by atoms with van der Waals surface area (Å²) in [7, 11) is 0. The topological polar surface area (TPSA) is 9.23 Å². The van der Waals surface area contributed by atoms with Crippen molar-refractivity contribution in [3.8, 4) is 5.75 Å². The van der Waals surface area contributed by atoms with Crippen molar-refractivity contribution < 1.29 is 4.74 Å². The molecule has 90 valence electrons. The largest absolute Gasteiger partial charge is 0.493 e. The van der Waals surface area contributed by atoms with Crippen molar-refractivity contribution >= 4 is 31.9 Å². The van der Waals surface area contributed by atoms with E-state index in [0.29, 0.717) is 0 Å². The van der Waals surface area contributed by atoms with Crippen molar-refractivity contribution in [2.24, 2.45) is 0 Å². The van der Waals surface area contributed by atoms with Crippen LogP contribution in [0.5, 0.6) is 5.75 Å². The number of alkyl halides is 1. The number of unbranched alkanes of at least 4 members (excludes halogenated alkanes) is 3. The van der Waals surface area contributed by atoms with Crippen LogP contribution in [0.4, 0.5) is 0 Å². The number of benzene rings is 1. The lowest BCUT2D eigenvalue weighted by molar-refractivity contribution is 0.303. The Morgan fingerprint density at radius 1 is 1.19 bits per heavy atom. The standard InChI is InChI=1S/C13H18Br2O/c1-2-3-4-5-8-16-13-7-6-12(15)9-11(13)10-14/h6-7,9H,2-5,8,10H2,1H3. The number of hydrogen-bond donors (Lipinski definition) is 0. The molecule has 16 heavy (non-hydrogen) atoms. The summed E-state index contributed by atoms with van der Waals surface area (Å²) in [6.45, 7) is 3.04. The molecule has 0 atom stereocenters. The second-order valence-electron chi connectivity index (χ2n) is 3.79. The lowest BCUT2D eigenvalue weighted by Crippen LogP contribution is -1.99. The van der Waals surface area contributed by atoms with Crippen molar-refractivity contribution in [3.05, 3.63) is 28.2 Å². The van der Waals surface area contributed by atoms with E-state index in [1.807, 2.05) is 12.1 Å². The molecule has 0 N–H and O–H groups in total. The van der Waals surface area contributed by atoms with Gasteiger partial charge in [-0.2, -0.15) is 0 Å². The van der Waals surface area contributed by atoms with Crippen molar-refractivity contribution in [2.45, 2.75) is 37.9 Å². The molecule has 0 aliphatic rings.